The predicted octanol–water partition coefficient (Wildman–Crippen LogP) is 4.47. The Kier molecular flexibility index (Phi) is 6.79. The van der Waals surface area contributed by atoms with Crippen LogP contribution in [0.3, 0.4) is 0 Å². The van der Waals surface area contributed by atoms with E-state index >= 15 is 0 Å². The van der Waals surface area contributed by atoms with E-state index in [9.17, 15) is 4.39 Å². The van der Waals surface area contributed by atoms with E-state index in [1.165, 1.54) is 10.5 Å². The van der Waals surface area contributed by atoms with Crippen LogP contribution in [0.5, 0.6) is 0 Å². The zero-order chi connectivity index (χ0) is 15.1. The van der Waals surface area contributed by atoms with Crippen molar-refractivity contribution in [2.24, 2.45) is 0 Å². The summed E-state index contributed by atoms with van der Waals surface area (Å²) >= 11 is 3.93. The largest absolute Gasteiger partial charge is 0.398 e. The molecule has 0 amide bonds. The van der Waals surface area contributed by atoms with Crippen LogP contribution in [0.15, 0.2) is 52.3 Å². The van der Waals surface area contributed by atoms with Crippen LogP contribution in [0.1, 0.15) is 12.0 Å². The standard InChI is InChI=1S/C16H18FIN2S/c17-8-3-9-20-11-12-4-1-2-5-15(12)21-16-7-6-13(18)10-14(16)19/h1-2,4-7,10,20H,3,8-9,11,19H2. The summed E-state index contributed by atoms with van der Waals surface area (Å²) in [7, 11) is 0. The number of anilines is 1. The van der Waals surface area contributed by atoms with Gasteiger partial charge < -0.3 is 11.1 Å². The Labute approximate surface area is 142 Å². The molecule has 5 heteroatoms. The summed E-state index contributed by atoms with van der Waals surface area (Å²) in [6.07, 6.45) is 0.555. The number of nitrogens with one attached hydrogen (secondary N) is 1. The van der Waals surface area contributed by atoms with Gasteiger partial charge in [0.15, 0.2) is 0 Å². The number of hydrogen-bond acceptors (Lipinski definition) is 3. The highest BCUT2D eigenvalue weighted by molar-refractivity contribution is 14.1. The van der Waals surface area contributed by atoms with Crippen molar-refractivity contribution in [1.82, 2.24) is 5.32 Å². The number of nitrogen functional groups attached to an aromatic ring is 1. The quantitative estimate of drug-likeness (QED) is 0.397. The summed E-state index contributed by atoms with van der Waals surface area (Å²) < 4.78 is 13.2. The van der Waals surface area contributed by atoms with Crippen LogP contribution in [0.4, 0.5) is 10.1 Å². The molecule has 21 heavy (non-hydrogen) atoms. The fourth-order valence-corrected chi connectivity index (χ4v) is 3.38. The van der Waals surface area contributed by atoms with Crippen molar-refractivity contribution < 1.29 is 4.39 Å². The van der Waals surface area contributed by atoms with Crippen molar-refractivity contribution in [2.45, 2.75) is 22.8 Å². The van der Waals surface area contributed by atoms with Crippen LogP contribution < -0.4 is 11.1 Å². The third-order valence-electron chi connectivity index (χ3n) is 2.97. The second kappa shape index (κ2) is 8.60. The number of rotatable bonds is 7. The summed E-state index contributed by atoms with van der Waals surface area (Å²) in [5, 5.41) is 3.27. The maximum Gasteiger partial charge on any atom is 0.0906 e. The normalized spacial score (nSPS) is 10.8. The Bertz CT molecular complexity index is 592. The molecular formula is C16H18FIN2S. The van der Waals surface area contributed by atoms with E-state index in [-0.39, 0.29) is 6.67 Å². The average Bonchev–Trinajstić information content (AvgIpc) is 2.48. The summed E-state index contributed by atoms with van der Waals surface area (Å²) in [6.45, 7) is 1.16. The van der Waals surface area contributed by atoms with Crippen molar-refractivity contribution in [3.8, 4) is 0 Å². The molecule has 2 aromatic rings. The number of benzene rings is 2. The summed E-state index contributed by atoms with van der Waals surface area (Å²) in [5.41, 5.74) is 8.08. The molecule has 0 aliphatic carbocycles. The van der Waals surface area contributed by atoms with Crippen molar-refractivity contribution in [3.63, 3.8) is 0 Å². The second-order valence-corrected chi connectivity index (χ2v) is 6.94. The summed E-state index contributed by atoms with van der Waals surface area (Å²) in [5.74, 6) is 0. The number of alkyl halides is 1. The predicted molar refractivity (Wildman–Crippen MR) is 96.4 cm³/mol. The molecular weight excluding hydrogens is 398 g/mol. The first-order valence-corrected chi connectivity index (χ1v) is 8.67. The third kappa shape index (κ3) is 5.16. The van der Waals surface area contributed by atoms with Crippen molar-refractivity contribution in [1.29, 1.82) is 0 Å². The Morgan fingerprint density at radius 3 is 2.71 bits per heavy atom. The molecule has 2 aromatic carbocycles. The van der Waals surface area contributed by atoms with E-state index < -0.39 is 0 Å². The zero-order valence-electron chi connectivity index (χ0n) is 11.6. The fourth-order valence-electron chi connectivity index (χ4n) is 1.90. The summed E-state index contributed by atoms with van der Waals surface area (Å²) in [4.78, 5) is 2.24. The van der Waals surface area contributed by atoms with Crippen LogP contribution in [0.25, 0.3) is 0 Å². The van der Waals surface area contributed by atoms with E-state index in [1.54, 1.807) is 11.8 Å². The van der Waals surface area contributed by atoms with Crippen LogP contribution in [-0.4, -0.2) is 13.2 Å². The molecule has 0 unspecified atom stereocenters. The highest BCUT2D eigenvalue weighted by atomic mass is 127. The van der Waals surface area contributed by atoms with Gasteiger partial charge in [0.05, 0.1) is 6.67 Å². The lowest BCUT2D eigenvalue weighted by Crippen LogP contribution is -2.15. The maximum atomic E-state index is 12.1. The molecule has 0 aliphatic heterocycles. The second-order valence-electron chi connectivity index (χ2n) is 4.61. The van der Waals surface area contributed by atoms with E-state index in [1.807, 2.05) is 18.2 Å². The highest BCUT2D eigenvalue weighted by Crippen LogP contribution is 2.34. The van der Waals surface area contributed by atoms with Gasteiger partial charge in [-0.2, -0.15) is 0 Å². The van der Waals surface area contributed by atoms with Gasteiger partial charge in [-0.25, -0.2) is 0 Å². The molecule has 0 bridgehead atoms. The molecule has 0 heterocycles. The SMILES string of the molecule is Nc1cc(I)ccc1Sc1ccccc1CNCCCF. The molecule has 0 spiro atoms. The average molecular weight is 416 g/mol. The molecule has 0 radical (unpaired) electrons. The lowest BCUT2D eigenvalue weighted by Gasteiger charge is -2.11. The number of halogens is 2. The monoisotopic (exact) mass is 416 g/mol. The molecule has 0 aliphatic rings. The van der Waals surface area contributed by atoms with Gasteiger partial charge in [0, 0.05) is 25.6 Å². The molecule has 0 fully saturated rings. The Hall–Kier alpha value is -0.790. The fraction of sp³-hybridized carbons (Fsp3) is 0.250. The smallest absolute Gasteiger partial charge is 0.0906 e. The minimum absolute atomic E-state index is 0.275. The minimum atomic E-state index is -0.275. The van der Waals surface area contributed by atoms with Gasteiger partial charge in [0.25, 0.3) is 0 Å². The molecule has 0 atom stereocenters. The lowest BCUT2D eigenvalue weighted by atomic mass is 10.2. The molecule has 3 N–H and O–H groups in total. The molecule has 0 aromatic heterocycles. The van der Waals surface area contributed by atoms with E-state index in [0.29, 0.717) is 13.0 Å². The van der Waals surface area contributed by atoms with Gasteiger partial charge in [-0.15, -0.1) is 0 Å². The number of nitrogens with two attached hydrogens (primary N) is 1. The van der Waals surface area contributed by atoms with Gasteiger partial charge in [0.2, 0.25) is 0 Å². The first-order chi connectivity index (χ1) is 10.2. The van der Waals surface area contributed by atoms with E-state index in [2.05, 4.69) is 52.2 Å². The molecule has 112 valence electrons. The highest BCUT2D eigenvalue weighted by Gasteiger charge is 2.06. The van der Waals surface area contributed by atoms with Crippen LogP contribution in [0.2, 0.25) is 0 Å². The Morgan fingerprint density at radius 1 is 1.14 bits per heavy atom. The van der Waals surface area contributed by atoms with Crippen LogP contribution >= 0.6 is 34.4 Å². The van der Waals surface area contributed by atoms with Crippen molar-refractivity contribution in [3.05, 3.63) is 51.6 Å². The molecule has 2 nitrogen and oxygen atoms in total. The molecule has 0 saturated heterocycles. The topological polar surface area (TPSA) is 38.0 Å². The van der Waals surface area contributed by atoms with Gasteiger partial charge in [-0.1, -0.05) is 30.0 Å². The Balaban J connectivity index is 2.08. The first kappa shape index (κ1) is 16.6. The molecule has 2 rings (SSSR count). The zero-order valence-corrected chi connectivity index (χ0v) is 14.6. The minimum Gasteiger partial charge on any atom is -0.398 e. The first-order valence-electron chi connectivity index (χ1n) is 6.78. The van der Waals surface area contributed by atoms with Crippen LogP contribution in [-0.2, 0) is 6.54 Å². The van der Waals surface area contributed by atoms with Crippen molar-refractivity contribution in [2.75, 3.05) is 19.0 Å². The van der Waals surface area contributed by atoms with Crippen LogP contribution in [0, 0.1) is 3.57 Å². The van der Waals surface area contributed by atoms with Gasteiger partial charge >= 0.3 is 0 Å². The van der Waals surface area contributed by atoms with Crippen molar-refractivity contribution >= 4 is 40.0 Å². The van der Waals surface area contributed by atoms with Gasteiger partial charge in [-0.3, -0.25) is 4.39 Å². The number of hydrogen-bond donors (Lipinski definition) is 2. The maximum absolute atomic E-state index is 12.1. The third-order valence-corrected chi connectivity index (χ3v) is 4.85. The van der Waals surface area contributed by atoms with E-state index in [0.717, 1.165) is 20.7 Å². The summed E-state index contributed by atoms with van der Waals surface area (Å²) in [6, 6.07) is 14.3. The Morgan fingerprint density at radius 2 is 1.95 bits per heavy atom. The molecule has 0 saturated carbocycles. The lowest BCUT2D eigenvalue weighted by molar-refractivity contribution is 0.459. The van der Waals surface area contributed by atoms with Gasteiger partial charge in [-0.05, 0) is 65.4 Å². The van der Waals surface area contributed by atoms with E-state index in [4.69, 9.17) is 5.73 Å². The van der Waals surface area contributed by atoms with Gasteiger partial charge in [0.1, 0.15) is 0 Å².